The van der Waals surface area contributed by atoms with Crippen molar-refractivity contribution in [1.82, 2.24) is 9.88 Å². The molecule has 31 heavy (non-hydrogen) atoms. The molecule has 2 aromatic carbocycles. The van der Waals surface area contributed by atoms with Gasteiger partial charge in [0.05, 0.1) is 5.69 Å². The Kier molecular flexibility index (Phi) is 5.22. The van der Waals surface area contributed by atoms with Gasteiger partial charge in [0.15, 0.2) is 0 Å². The van der Waals surface area contributed by atoms with Crippen molar-refractivity contribution in [1.29, 1.82) is 0 Å². The second-order valence-corrected chi connectivity index (χ2v) is 9.58. The van der Waals surface area contributed by atoms with E-state index < -0.39 is 0 Å². The summed E-state index contributed by atoms with van der Waals surface area (Å²) in [5.74, 6) is -0.127. The number of nitrogen functional groups attached to an aromatic ring is 1. The number of hydrogen-bond donors (Lipinski definition) is 1. The van der Waals surface area contributed by atoms with Crippen molar-refractivity contribution >= 4 is 56.2 Å². The Balaban J connectivity index is 1.79. The Hall–Kier alpha value is -2.44. The molecule has 2 aromatic heterocycles. The highest BCUT2D eigenvalue weighted by molar-refractivity contribution is 7.21. The molecule has 3 heterocycles. The highest BCUT2D eigenvalue weighted by atomic mass is 35.5. The monoisotopic (exact) mass is 467 g/mol. The molecular weight excluding hydrogens is 449 g/mol. The molecule has 0 saturated carbocycles. The van der Waals surface area contributed by atoms with Crippen molar-refractivity contribution in [3.63, 3.8) is 0 Å². The van der Waals surface area contributed by atoms with Crippen molar-refractivity contribution in [2.24, 2.45) is 0 Å². The van der Waals surface area contributed by atoms with E-state index in [0.29, 0.717) is 26.2 Å². The molecule has 1 aliphatic rings. The quantitative estimate of drug-likeness (QED) is 0.371. The van der Waals surface area contributed by atoms with Gasteiger partial charge in [0, 0.05) is 57.3 Å². The minimum Gasteiger partial charge on any atom is -0.397 e. The number of nitrogens with zero attached hydrogens (tertiary/aromatic N) is 2. The number of carbonyl (C=O) groups excluding carboxylic acids is 1. The number of ketones is 1. The van der Waals surface area contributed by atoms with Gasteiger partial charge in [0.25, 0.3) is 0 Å². The summed E-state index contributed by atoms with van der Waals surface area (Å²) in [6.07, 6.45) is 0.845. The zero-order valence-corrected chi connectivity index (χ0v) is 19.1. The summed E-state index contributed by atoms with van der Waals surface area (Å²) in [5.41, 5.74) is 11.7. The number of aromatic nitrogens is 1. The second kappa shape index (κ2) is 7.92. The van der Waals surface area contributed by atoms with Gasteiger partial charge in [0.2, 0.25) is 5.78 Å². The van der Waals surface area contributed by atoms with Crippen LogP contribution < -0.4 is 5.73 Å². The maximum absolute atomic E-state index is 13.3. The van der Waals surface area contributed by atoms with Crippen molar-refractivity contribution in [3.8, 4) is 11.1 Å². The summed E-state index contributed by atoms with van der Waals surface area (Å²) in [5, 5.41) is 2.05. The predicted octanol–water partition coefficient (Wildman–Crippen LogP) is 6.07. The molecular formula is C24H19Cl2N3OS. The normalized spacial score (nSPS) is 14.0. The van der Waals surface area contributed by atoms with Crippen LogP contribution in [0.4, 0.5) is 5.69 Å². The maximum Gasteiger partial charge on any atom is 0.205 e. The minimum absolute atomic E-state index is 0.127. The number of fused-ring (bicyclic) bond motifs is 2. The molecule has 4 aromatic rings. The van der Waals surface area contributed by atoms with E-state index in [9.17, 15) is 4.79 Å². The number of anilines is 1. The SMILES string of the molecule is CN1CCc2nc3sc(C(=O)c4ccc(Cl)cc4)c(N)c3c(-c3ccccc3Cl)c2C1. The third-order valence-corrected chi connectivity index (χ3v) is 7.36. The first-order valence-corrected chi connectivity index (χ1v) is 11.5. The number of thiophene rings is 1. The van der Waals surface area contributed by atoms with Gasteiger partial charge in [-0.3, -0.25) is 4.79 Å². The van der Waals surface area contributed by atoms with Crippen molar-refractivity contribution < 1.29 is 4.79 Å². The smallest absolute Gasteiger partial charge is 0.205 e. The van der Waals surface area contributed by atoms with Crippen molar-refractivity contribution in [3.05, 3.63) is 80.3 Å². The standard InChI is InChI=1S/C24H19Cl2N3OS/c1-29-11-10-18-16(12-29)19(15-4-2-3-5-17(15)26)20-21(27)23(31-24(20)28-18)22(30)13-6-8-14(25)9-7-13/h2-9H,10-12,27H2,1H3. The topological polar surface area (TPSA) is 59.2 Å². The van der Waals surface area contributed by atoms with Gasteiger partial charge in [-0.05, 0) is 42.9 Å². The number of halogens is 2. The lowest BCUT2D eigenvalue weighted by molar-refractivity contribution is 0.104. The van der Waals surface area contributed by atoms with Gasteiger partial charge < -0.3 is 10.6 Å². The highest BCUT2D eigenvalue weighted by Gasteiger charge is 2.28. The summed E-state index contributed by atoms with van der Waals surface area (Å²) in [7, 11) is 2.09. The number of pyridine rings is 1. The van der Waals surface area contributed by atoms with Gasteiger partial charge in [-0.15, -0.1) is 11.3 Å². The van der Waals surface area contributed by atoms with E-state index in [1.54, 1.807) is 24.3 Å². The van der Waals surface area contributed by atoms with Gasteiger partial charge in [-0.2, -0.15) is 0 Å². The molecule has 5 rings (SSSR count). The first kappa shape index (κ1) is 20.5. The number of rotatable bonds is 3. The van der Waals surface area contributed by atoms with E-state index in [0.717, 1.165) is 52.1 Å². The minimum atomic E-state index is -0.127. The summed E-state index contributed by atoms with van der Waals surface area (Å²) < 4.78 is 0. The third kappa shape index (κ3) is 3.52. The molecule has 0 fully saturated rings. The Morgan fingerprint density at radius 1 is 1.13 bits per heavy atom. The molecule has 0 amide bonds. The number of carbonyl (C=O) groups is 1. The van der Waals surface area contributed by atoms with Gasteiger partial charge in [-0.25, -0.2) is 4.98 Å². The Morgan fingerprint density at radius 3 is 2.61 bits per heavy atom. The average molecular weight is 468 g/mol. The lowest BCUT2D eigenvalue weighted by atomic mass is 9.92. The Labute approximate surface area is 194 Å². The molecule has 4 nitrogen and oxygen atoms in total. The van der Waals surface area contributed by atoms with E-state index in [1.807, 2.05) is 24.3 Å². The zero-order chi connectivity index (χ0) is 21.7. The average Bonchev–Trinajstić information content (AvgIpc) is 3.09. The second-order valence-electron chi connectivity index (χ2n) is 7.74. The first-order valence-electron chi connectivity index (χ1n) is 9.91. The van der Waals surface area contributed by atoms with E-state index in [2.05, 4.69) is 11.9 Å². The maximum atomic E-state index is 13.3. The Morgan fingerprint density at radius 2 is 1.87 bits per heavy atom. The summed E-state index contributed by atoms with van der Waals surface area (Å²) >= 11 is 13.9. The molecule has 0 atom stereocenters. The lowest BCUT2D eigenvalue weighted by Crippen LogP contribution is -2.28. The van der Waals surface area contributed by atoms with Crippen LogP contribution >= 0.6 is 34.5 Å². The van der Waals surface area contributed by atoms with Crippen LogP contribution in [0, 0.1) is 0 Å². The van der Waals surface area contributed by atoms with Crippen LogP contribution in [0.5, 0.6) is 0 Å². The number of hydrogen-bond acceptors (Lipinski definition) is 5. The number of benzene rings is 2. The predicted molar refractivity (Wildman–Crippen MR) is 129 cm³/mol. The van der Waals surface area contributed by atoms with Crippen LogP contribution in [-0.4, -0.2) is 29.3 Å². The fraction of sp³-hybridized carbons (Fsp3) is 0.167. The Bertz CT molecular complexity index is 1330. The summed E-state index contributed by atoms with van der Waals surface area (Å²) in [4.78, 5) is 21.7. The molecule has 0 radical (unpaired) electrons. The van der Waals surface area contributed by atoms with E-state index in [4.69, 9.17) is 33.9 Å². The summed E-state index contributed by atoms with van der Waals surface area (Å²) in [6, 6.07) is 14.6. The summed E-state index contributed by atoms with van der Waals surface area (Å²) in [6.45, 7) is 1.69. The van der Waals surface area contributed by atoms with Crippen LogP contribution in [0.25, 0.3) is 21.3 Å². The third-order valence-electron chi connectivity index (χ3n) is 5.68. The largest absolute Gasteiger partial charge is 0.397 e. The molecule has 1 aliphatic heterocycles. The van der Waals surface area contributed by atoms with Crippen molar-refractivity contribution in [2.45, 2.75) is 13.0 Å². The molecule has 0 aliphatic carbocycles. The van der Waals surface area contributed by atoms with E-state index >= 15 is 0 Å². The van der Waals surface area contributed by atoms with Crippen LogP contribution in [0.3, 0.4) is 0 Å². The molecule has 0 unspecified atom stereocenters. The number of nitrogens with two attached hydrogens (primary N) is 1. The van der Waals surface area contributed by atoms with Gasteiger partial charge in [-0.1, -0.05) is 41.4 Å². The molecule has 0 spiro atoms. The molecule has 0 saturated heterocycles. The van der Waals surface area contributed by atoms with Gasteiger partial charge >= 0.3 is 0 Å². The fourth-order valence-electron chi connectivity index (χ4n) is 4.12. The molecule has 2 N–H and O–H groups in total. The molecule has 0 bridgehead atoms. The lowest BCUT2D eigenvalue weighted by Gasteiger charge is -2.27. The molecule has 7 heteroatoms. The number of likely N-dealkylation sites (N-methyl/N-ethyl adjacent to an activating group) is 1. The van der Waals surface area contributed by atoms with E-state index in [-0.39, 0.29) is 5.78 Å². The molecule has 156 valence electrons. The van der Waals surface area contributed by atoms with Crippen LogP contribution in [0.1, 0.15) is 26.5 Å². The van der Waals surface area contributed by atoms with Crippen LogP contribution in [0.15, 0.2) is 48.5 Å². The van der Waals surface area contributed by atoms with Crippen molar-refractivity contribution in [2.75, 3.05) is 19.3 Å². The van der Waals surface area contributed by atoms with Crippen LogP contribution in [0.2, 0.25) is 10.0 Å². The highest BCUT2D eigenvalue weighted by Crippen LogP contribution is 2.45. The fourth-order valence-corrected chi connectivity index (χ4v) is 5.56. The van der Waals surface area contributed by atoms with E-state index in [1.165, 1.54) is 11.3 Å². The van der Waals surface area contributed by atoms with Gasteiger partial charge in [0.1, 0.15) is 9.71 Å². The first-order chi connectivity index (χ1) is 14.9. The van der Waals surface area contributed by atoms with Crippen LogP contribution in [-0.2, 0) is 13.0 Å². The zero-order valence-electron chi connectivity index (χ0n) is 16.8.